The van der Waals surface area contributed by atoms with E-state index in [0.29, 0.717) is 30.6 Å². The first kappa shape index (κ1) is 23.7. The van der Waals surface area contributed by atoms with Gasteiger partial charge in [-0.1, -0.05) is 42.5 Å². The summed E-state index contributed by atoms with van der Waals surface area (Å²) in [4.78, 5) is 24.6. The molecule has 34 heavy (non-hydrogen) atoms. The lowest BCUT2D eigenvalue weighted by Crippen LogP contribution is -2.42. The van der Waals surface area contributed by atoms with E-state index in [2.05, 4.69) is 5.32 Å². The van der Waals surface area contributed by atoms with E-state index in [1.165, 1.54) is 23.5 Å². The number of hydrogen-bond acceptors (Lipinski definition) is 5. The maximum Gasteiger partial charge on any atom is 0.309 e. The highest BCUT2D eigenvalue weighted by molar-refractivity contribution is 7.89. The lowest BCUT2D eigenvalue weighted by Gasteiger charge is -2.30. The van der Waals surface area contributed by atoms with Gasteiger partial charge in [0.25, 0.3) is 5.91 Å². The zero-order chi connectivity index (χ0) is 24.1. The second-order valence-electron chi connectivity index (χ2n) is 8.15. The maximum absolute atomic E-state index is 13.0. The van der Waals surface area contributed by atoms with Crippen molar-refractivity contribution in [3.8, 4) is 11.1 Å². The van der Waals surface area contributed by atoms with Gasteiger partial charge in [0.05, 0.1) is 17.9 Å². The van der Waals surface area contributed by atoms with Crippen molar-refractivity contribution in [1.82, 2.24) is 4.31 Å². The summed E-state index contributed by atoms with van der Waals surface area (Å²) in [6.07, 6.45) is 1.20. The largest absolute Gasteiger partial charge is 0.469 e. The van der Waals surface area contributed by atoms with Gasteiger partial charge in [-0.25, -0.2) is 8.42 Å². The summed E-state index contributed by atoms with van der Waals surface area (Å²) in [6.45, 7) is 0.458. The number of benzene rings is 3. The fourth-order valence-corrected chi connectivity index (χ4v) is 5.55. The van der Waals surface area contributed by atoms with Crippen LogP contribution in [0.1, 0.15) is 23.2 Å². The van der Waals surface area contributed by atoms with E-state index in [-0.39, 0.29) is 17.3 Å². The number of nitrogens with zero attached hydrogens (tertiary/aromatic N) is 1. The molecule has 1 saturated heterocycles. The average Bonchev–Trinajstić information content (AvgIpc) is 2.89. The van der Waals surface area contributed by atoms with Crippen LogP contribution in [0, 0.1) is 5.92 Å². The minimum atomic E-state index is -3.75. The molecule has 1 unspecified atom stereocenters. The van der Waals surface area contributed by atoms with Gasteiger partial charge in [-0.15, -0.1) is 0 Å². The van der Waals surface area contributed by atoms with E-state index in [4.69, 9.17) is 4.74 Å². The highest BCUT2D eigenvalue weighted by Gasteiger charge is 2.33. The molecular weight excluding hydrogens is 452 g/mol. The van der Waals surface area contributed by atoms with E-state index in [1.54, 1.807) is 24.3 Å². The van der Waals surface area contributed by atoms with Crippen LogP contribution in [0.25, 0.3) is 11.1 Å². The fraction of sp³-hybridized carbons (Fsp3) is 0.231. The number of piperidine rings is 1. The third-order valence-corrected chi connectivity index (χ3v) is 7.80. The van der Waals surface area contributed by atoms with Gasteiger partial charge in [-0.3, -0.25) is 9.59 Å². The van der Waals surface area contributed by atoms with Gasteiger partial charge in [-0.05, 0) is 60.4 Å². The number of rotatable bonds is 6. The van der Waals surface area contributed by atoms with Crippen molar-refractivity contribution < 1.29 is 22.7 Å². The molecule has 1 fully saturated rings. The Labute approximate surface area is 199 Å². The molecule has 3 aromatic rings. The van der Waals surface area contributed by atoms with Gasteiger partial charge >= 0.3 is 5.97 Å². The second kappa shape index (κ2) is 10.2. The van der Waals surface area contributed by atoms with Gasteiger partial charge < -0.3 is 10.1 Å². The third kappa shape index (κ3) is 5.18. The predicted octanol–water partition coefficient (Wildman–Crippen LogP) is 4.18. The van der Waals surface area contributed by atoms with Crippen LogP contribution in [0.4, 0.5) is 5.69 Å². The molecule has 4 rings (SSSR count). The summed E-state index contributed by atoms with van der Waals surface area (Å²) in [6, 6.07) is 23.2. The second-order valence-corrected chi connectivity index (χ2v) is 10.1. The number of carbonyl (C=O) groups is 2. The smallest absolute Gasteiger partial charge is 0.309 e. The number of nitrogens with one attached hydrogen (secondary N) is 1. The molecule has 3 aromatic carbocycles. The van der Waals surface area contributed by atoms with E-state index < -0.39 is 21.9 Å². The number of hydrogen-bond donors (Lipinski definition) is 1. The van der Waals surface area contributed by atoms with Gasteiger partial charge in [0.1, 0.15) is 0 Å². The molecule has 1 heterocycles. The van der Waals surface area contributed by atoms with Crippen LogP contribution in [0.2, 0.25) is 0 Å². The lowest BCUT2D eigenvalue weighted by atomic mass is 10.0. The van der Waals surface area contributed by atoms with Crippen LogP contribution in [-0.4, -0.2) is 44.8 Å². The number of methoxy groups -OCH3 is 1. The summed E-state index contributed by atoms with van der Waals surface area (Å²) >= 11 is 0. The Morgan fingerprint density at radius 1 is 0.912 bits per heavy atom. The van der Waals surface area contributed by atoms with Crippen LogP contribution in [0.3, 0.4) is 0 Å². The highest BCUT2D eigenvalue weighted by Crippen LogP contribution is 2.26. The van der Waals surface area contributed by atoms with Crippen LogP contribution in [0.15, 0.2) is 83.8 Å². The molecular formula is C26H26N2O5S. The molecule has 7 nitrogen and oxygen atoms in total. The molecule has 0 aromatic heterocycles. The van der Waals surface area contributed by atoms with E-state index in [9.17, 15) is 18.0 Å². The van der Waals surface area contributed by atoms with Crippen molar-refractivity contribution in [2.45, 2.75) is 17.7 Å². The molecule has 1 atom stereocenters. The normalized spacial score (nSPS) is 16.6. The molecule has 1 amide bonds. The van der Waals surface area contributed by atoms with E-state index in [0.717, 1.165) is 11.1 Å². The first-order valence-electron chi connectivity index (χ1n) is 11.0. The summed E-state index contributed by atoms with van der Waals surface area (Å²) < 4.78 is 32.2. The van der Waals surface area contributed by atoms with Crippen molar-refractivity contribution in [3.05, 3.63) is 84.4 Å². The summed E-state index contributed by atoms with van der Waals surface area (Å²) in [7, 11) is -2.45. The van der Waals surface area contributed by atoms with Gasteiger partial charge in [0.2, 0.25) is 10.0 Å². The Bertz CT molecular complexity index is 1260. The first-order chi connectivity index (χ1) is 16.4. The molecule has 0 bridgehead atoms. The predicted molar refractivity (Wildman–Crippen MR) is 130 cm³/mol. The Kier molecular flexibility index (Phi) is 7.09. The number of sulfonamides is 1. The Balaban J connectivity index is 1.42. The van der Waals surface area contributed by atoms with E-state index in [1.807, 2.05) is 42.5 Å². The Hall–Kier alpha value is -3.49. The number of esters is 1. The van der Waals surface area contributed by atoms with Gasteiger partial charge in [0, 0.05) is 24.3 Å². The van der Waals surface area contributed by atoms with Crippen molar-refractivity contribution in [2.24, 2.45) is 5.92 Å². The zero-order valence-electron chi connectivity index (χ0n) is 18.8. The molecule has 0 aliphatic carbocycles. The summed E-state index contributed by atoms with van der Waals surface area (Å²) in [5.41, 5.74) is 3.07. The van der Waals surface area contributed by atoms with Crippen molar-refractivity contribution in [2.75, 3.05) is 25.5 Å². The zero-order valence-corrected chi connectivity index (χ0v) is 19.6. The minimum Gasteiger partial charge on any atom is -0.469 e. The summed E-state index contributed by atoms with van der Waals surface area (Å²) in [5, 5.41) is 2.80. The monoisotopic (exact) mass is 478 g/mol. The molecule has 1 aliphatic heterocycles. The van der Waals surface area contributed by atoms with Crippen LogP contribution in [0.5, 0.6) is 0 Å². The fourth-order valence-electron chi connectivity index (χ4n) is 4.03. The molecule has 1 N–H and O–H groups in total. The minimum absolute atomic E-state index is 0.104. The number of amides is 1. The maximum atomic E-state index is 13.0. The van der Waals surface area contributed by atoms with Crippen molar-refractivity contribution >= 4 is 27.6 Å². The standard InChI is InChI=1S/C26H26N2O5S/c1-33-26(30)22-8-5-17-28(18-22)34(31,32)24-15-13-23(14-16-24)27-25(29)21-11-9-20(10-12-21)19-6-3-2-4-7-19/h2-4,6-7,9-16,22H,5,8,17-18H2,1H3,(H,27,29). The van der Waals surface area contributed by atoms with Gasteiger partial charge in [0.15, 0.2) is 0 Å². The Morgan fingerprint density at radius 2 is 1.56 bits per heavy atom. The quantitative estimate of drug-likeness (QED) is 0.537. The van der Waals surface area contributed by atoms with Crippen molar-refractivity contribution in [1.29, 1.82) is 0 Å². The number of carbonyl (C=O) groups excluding carboxylic acids is 2. The van der Waals surface area contributed by atoms with E-state index >= 15 is 0 Å². The molecule has 0 saturated carbocycles. The number of ether oxygens (including phenoxy) is 1. The average molecular weight is 479 g/mol. The molecule has 8 heteroatoms. The summed E-state index contributed by atoms with van der Waals surface area (Å²) in [5.74, 6) is -1.14. The SMILES string of the molecule is COC(=O)C1CCCN(S(=O)(=O)c2ccc(NC(=O)c3ccc(-c4ccccc4)cc3)cc2)C1. The molecule has 0 radical (unpaired) electrons. The van der Waals surface area contributed by atoms with Crippen molar-refractivity contribution in [3.63, 3.8) is 0 Å². The molecule has 0 spiro atoms. The number of anilines is 1. The lowest BCUT2D eigenvalue weighted by molar-refractivity contribution is -0.146. The van der Waals surface area contributed by atoms with Crippen LogP contribution >= 0.6 is 0 Å². The highest BCUT2D eigenvalue weighted by atomic mass is 32.2. The Morgan fingerprint density at radius 3 is 2.21 bits per heavy atom. The molecule has 176 valence electrons. The van der Waals surface area contributed by atoms with Crippen LogP contribution in [-0.2, 0) is 19.6 Å². The van der Waals surface area contributed by atoms with Crippen LogP contribution < -0.4 is 5.32 Å². The van der Waals surface area contributed by atoms with Gasteiger partial charge in [-0.2, -0.15) is 4.31 Å². The molecule has 1 aliphatic rings. The third-order valence-electron chi connectivity index (χ3n) is 5.92. The first-order valence-corrected chi connectivity index (χ1v) is 12.5. The topological polar surface area (TPSA) is 92.8 Å².